The molecule has 6 heteroatoms. The monoisotopic (exact) mass is 298 g/mol. The molecule has 1 saturated carbocycles. The molecule has 1 atom stereocenters. The smallest absolute Gasteiger partial charge is 0.317 e. The zero-order chi connectivity index (χ0) is 15.3. The summed E-state index contributed by atoms with van der Waals surface area (Å²) >= 11 is 0. The maximum atomic E-state index is 12.3. The fourth-order valence-electron chi connectivity index (χ4n) is 3.25. The van der Waals surface area contributed by atoms with E-state index in [0.717, 1.165) is 25.7 Å². The number of hydrogen-bond donors (Lipinski definition) is 2. The van der Waals surface area contributed by atoms with Crippen molar-refractivity contribution in [3.63, 3.8) is 0 Å². The highest BCUT2D eigenvalue weighted by Gasteiger charge is 2.39. The van der Waals surface area contributed by atoms with Crippen LogP contribution in [0.4, 0.5) is 4.79 Å². The van der Waals surface area contributed by atoms with Gasteiger partial charge in [0, 0.05) is 13.1 Å². The molecule has 6 nitrogen and oxygen atoms in total. The molecule has 120 valence electrons. The van der Waals surface area contributed by atoms with Gasteiger partial charge in [-0.1, -0.05) is 25.7 Å². The predicted octanol–water partition coefficient (Wildman–Crippen LogP) is 1.84. The van der Waals surface area contributed by atoms with Gasteiger partial charge in [-0.15, -0.1) is 0 Å². The molecule has 0 bridgehead atoms. The Labute approximate surface area is 125 Å². The quantitative estimate of drug-likeness (QED) is 0.779. The van der Waals surface area contributed by atoms with Gasteiger partial charge in [0.2, 0.25) is 0 Å². The highest BCUT2D eigenvalue weighted by atomic mass is 16.5. The first kappa shape index (κ1) is 16.1. The number of nitrogens with zero attached hydrogens (tertiary/aromatic N) is 1. The molecule has 1 unspecified atom stereocenters. The number of carbonyl (C=O) groups is 2. The number of aliphatic carboxylic acids is 1. The number of nitrogens with one attached hydrogen (secondary N) is 1. The van der Waals surface area contributed by atoms with Gasteiger partial charge in [-0.25, -0.2) is 4.79 Å². The maximum absolute atomic E-state index is 12.3. The Bertz CT molecular complexity index is 378. The highest BCUT2D eigenvalue weighted by Crippen LogP contribution is 2.34. The van der Waals surface area contributed by atoms with Crippen molar-refractivity contribution in [3.05, 3.63) is 0 Å². The largest absolute Gasteiger partial charge is 0.481 e. The number of morpholine rings is 1. The molecular formula is C15H26N2O4. The van der Waals surface area contributed by atoms with Crippen molar-refractivity contribution in [2.45, 2.75) is 51.5 Å². The fraction of sp³-hybridized carbons (Fsp3) is 0.867. The summed E-state index contributed by atoms with van der Waals surface area (Å²) in [7, 11) is 0. The average Bonchev–Trinajstić information content (AvgIpc) is 2.72. The molecule has 0 spiro atoms. The lowest BCUT2D eigenvalue weighted by molar-refractivity contribution is -0.149. The summed E-state index contributed by atoms with van der Waals surface area (Å²) in [5.41, 5.74) is -0.790. The Balaban J connectivity index is 1.94. The van der Waals surface area contributed by atoms with Crippen LogP contribution in [0.1, 0.15) is 45.4 Å². The molecule has 0 aromatic heterocycles. The summed E-state index contributed by atoms with van der Waals surface area (Å²) in [6, 6.07) is -0.135. The molecule has 21 heavy (non-hydrogen) atoms. The van der Waals surface area contributed by atoms with Crippen LogP contribution in [0.3, 0.4) is 0 Å². The number of ether oxygens (including phenoxy) is 1. The van der Waals surface area contributed by atoms with E-state index in [9.17, 15) is 14.7 Å². The van der Waals surface area contributed by atoms with Crippen LogP contribution in [0, 0.1) is 5.41 Å². The lowest BCUT2D eigenvalue weighted by atomic mass is 9.80. The van der Waals surface area contributed by atoms with Crippen molar-refractivity contribution in [1.29, 1.82) is 0 Å². The van der Waals surface area contributed by atoms with Crippen molar-refractivity contribution in [3.8, 4) is 0 Å². The van der Waals surface area contributed by atoms with Gasteiger partial charge >= 0.3 is 12.0 Å². The summed E-state index contributed by atoms with van der Waals surface area (Å²) in [6.45, 7) is 3.81. The van der Waals surface area contributed by atoms with Crippen LogP contribution in [-0.2, 0) is 9.53 Å². The number of carboxylic acids is 1. The molecule has 2 fully saturated rings. The van der Waals surface area contributed by atoms with E-state index >= 15 is 0 Å². The van der Waals surface area contributed by atoms with E-state index in [-0.39, 0.29) is 18.6 Å². The minimum atomic E-state index is -0.790. The molecule has 2 N–H and O–H groups in total. The minimum Gasteiger partial charge on any atom is -0.481 e. The third-order valence-electron chi connectivity index (χ3n) is 4.72. The lowest BCUT2D eigenvalue weighted by Gasteiger charge is -2.35. The van der Waals surface area contributed by atoms with E-state index in [0.29, 0.717) is 32.6 Å². The second kappa shape index (κ2) is 7.11. The highest BCUT2D eigenvalue weighted by molar-refractivity contribution is 5.78. The molecule has 1 heterocycles. The summed E-state index contributed by atoms with van der Waals surface area (Å²) in [6.07, 6.45) is 5.34. The van der Waals surface area contributed by atoms with E-state index in [4.69, 9.17) is 4.74 Å². The SMILES string of the molecule is CC1COCCN1C(=O)NCC1(C(=O)O)CCCCCC1. The number of hydrogen-bond acceptors (Lipinski definition) is 3. The first-order valence-corrected chi connectivity index (χ1v) is 7.91. The van der Waals surface area contributed by atoms with Crippen molar-refractivity contribution in [2.75, 3.05) is 26.3 Å². The molecule has 2 amide bonds. The standard InChI is InChI=1S/C15H26N2O4/c1-12-10-21-9-8-17(12)14(20)16-11-15(13(18)19)6-4-2-3-5-7-15/h12H,2-11H2,1H3,(H,16,20)(H,18,19). The zero-order valence-electron chi connectivity index (χ0n) is 12.8. The van der Waals surface area contributed by atoms with Crippen LogP contribution in [0.5, 0.6) is 0 Å². The lowest BCUT2D eigenvalue weighted by Crippen LogP contribution is -2.53. The fourth-order valence-corrected chi connectivity index (χ4v) is 3.25. The summed E-state index contributed by atoms with van der Waals surface area (Å²) in [4.78, 5) is 25.7. The molecular weight excluding hydrogens is 272 g/mol. The van der Waals surface area contributed by atoms with Gasteiger partial charge in [-0.3, -0.25) is 4.79 Å². The minimum absolute atomic E-state index is 0.0358. The number of rotatable bonds is 3. The third-order valence-corrected chi connectivity index (χ3v) is 4.72. The van der Waals surface area contributed by atoms with Crippen LogP contribution in [0.25, 0.3) is 0 Å². The van der Waals surface area contributed by atoms with Gasteiger partial charge in [0.15, 0.2) is 0 Å². The molecule has 1 aliphatic carbocycles. The molecule has 1 saturated heterocycles. The van der Waals surface area contributed by atoms with Crippen LogP contribution < -0.4 is 5.32 Å². The first-order valence-electron chi connectivity index (χ1n) is 7.91. The Morgan fingerprint density at radius 2 is 1.95 bits per heavy atom. The first-order chi connectivity index (χ1) is 10.1. The van der Waals surface area contributed by atoms with E-state index in [1.807, 2.05) is 6.92 Å². The molecule has 2 aliphatic rings. The number of urea groups is 1. The zero-order valence-corrected chi connectivity index (χ0v) is 12.8. The maximum Gasteiger partial charge on any atom is 0.317 e. The molecule has 1 aliphatic heterocycles. The predicted molar refractivity (Wildman–Crippen MR) is 78.2 cm³/mol. The van der Waals surface area contributed by atoms with Crippen molar-refractivity contribution >= 4 is 12.0 Å². The van der Waals surface area contributed by atoms with Crippen LogP contribution in [-0.4, -0.2) is 54.4 Å². The van der Waals surface area contributed by atoms with E-state index < -0.39 is 11.4 Å². The van der Waals surface area contributed by atoms with Crippen molar-refractivity contribution < 1.29 is 19.4 Å². The number of amides is 2. The van der Waals surface area contributed by atoms with E-state index in [1.165, 1.54) is 0 Å². The van der Waals surface area contributed by atoms with Gasteiger partial charge in [0.25, 0.3) is 0 Å². The Hall–Kier alpha value is -1.30. The number of carboxylic acid groups (broad SMARTS) is 1. The van der Waals surface area contributed by atoms with Crippen LogP contribution >= 0.6 is 0 Å². The van der Waals surface area contributed by atoms with Gasteiger partial charge in [-0.05, 0) is 19.8 Å². The van der Waals surface area contributed by atoms with Gasteiger partial charge in [0.05, 0.1) is 24.7 Å². The summed E-state index contributed by atoms with van der Waals surface area (Å²) in [5.74, 6) is -0.778. The third kappa shape index (κ3) is 3.87. The van der Waals surface area contributed by atoms with Crippen molar-refractivity contribution in [1.82, 2.24) is 10.2 Å². The molecule has 0 aromatic carbocycles. The van der Waals surface area contributed by atoms with Crippen LogP contribution in [0.15, 0.2) is 0 Å². The number of carbonyl (C=O) groups excluding carboxylic acids is 1. The van der Waals surface area contributed by atoms with Crippen LogP contribution in [0.2, 0.25) is 0 Å². The topological polar surface area (TPSA) is 78.9 Å². The Kier molecular flexibility index (Phi) is 5.45. The molecule has 2 rings (SSSR count). The molecule has 0 radical (unpaired) electrons. The summed E-state index contributed by atoms with van der Waals surface area (Å²) in [5, 5.41) is 12.5. The van der Waals surface area contributed by atoms with Gasteiger partial charge < -0.3 is 20.1 Å². The Morgan fingerprint density at radius 1 is 1.29 bits per heavy atom. The van der Waals surface area contributed by atoms with Gasteiger partial charge in [0.1, 0.15) is 0 Å². The van der Waals surface area contributed by atoms with Crippen molar-refractivity contribution in [2.24, 2.45) is 5.41 Å². The summed E-state index contributed by atoms with van der Waals surface area (Å²) < 4.78 is 5.32. The second-order valence-corrected chi connectivity index (χ2v) is 6.28. The van der Waals surface area contributed by atoms with E-state index in [2.05, 4.69) is 5.32 Å². The Morgan fingerprint density at radius 3 is 2.52 bits per heavy atom. The normalized spacial score (nSPS) is 26.0. The average molecular weight is 298 g/mol. The second-order valence-electron chi connectivity index (χ2n) is 6.28. The molecule has 0 aromatic rings. The van der Waals surface area contributed by atoms with Gasteiger partial charge in [-0.2, -0.15) is 0 Å². The van der Waals surface area contributed by atoms with E-state index in [1.54, 1.807) is 4.90 Å².